The molecule has 0 radical (unpaired) electrons. The third-order valence-electron chi connectivity index (χ3n) is 3.37. The molecule has 1 aromatic rings. The van der Waals surface area contributed by atoms with Crippen LogP contribution < -0.4 is 10.6 Å². The Kier molecular flexibility index (Phi) is 4.25. The molecule has 0 aromatic heterocycles. The van der Waals surface area contributed by atoms with Crippen molar-refractivity contribution < 1.29 is 0 Å². The third-order valence-corrected chi connectivity index (χ3v) is 3.37. The van der Waals surface area contributed by atoms with E-state index < -0.39 is 0 Å². The Morgan fingerprint density at radius 1 is 1.35 bits per heavy atom. The van der Waals surface area contributed by atoms with Gasteiger partial charge in [-0.05, 0) is 24.0 Å². The van der Waals surface area contributed by atoms with E-state index in [2.05, 4.69) is 39.9 Å². The summed E-state index contributed by atoms with van der Waals surface area (Å²) < 4.78 is 0. The smallest absolute Gasteiger partial charge is 0.191 e. The van der Waals surface area contributed by atoms with E-state index >= 15 is 0 Å². The highest BCUT2D eigenvalue weighted by molar-refractivity contribution is 14.0. The summed E-state index contributed by atoms with van der Waals surface area (Å²) in [5.74, 6) is 1.65. The monoisotopic (exact) mass is 343 g/mol. The summed E-state index contributed by atoms with van der Waals surface area (Å²) in [4.78, 5) is 4.41. The highest BCUT2D eigenvalue weighted by atomic mass is 127. The zero-order chi connectivity index (χ0) is 10.8. The standard InChI is InChI=1S/C13H17N3.HI/c1-2-5-12-10(4-1)8-11(12)9-16-13-14-6-3-7-15-13;/h1-2,4-5,11H,3,6-9H2,(H2,14,15,16);1H. The normalized spacial score (nSPS) is 21.2. The Hall–Kier alpha value is -0.780. The van der Waals surface area contributed by atoms with Gasteiger partial charge in [0.15, 0.2) is 5.96 Å². The number of hydrogen-bond donors (Lipinski definition) is 2. The van der Waals surface area contributed by atoms with Crippen molar-refractivity contribution >= 4 is 29.9 Å². The van der Waals surface area contributed by atoms with Crippen LogP contribution in [0.25, 0.3) is 0 Å². The van der Waals surface area contributed by atoms with Crippen molar-refractivity contribution in [3.63, 3.8) is 0 Å². The molecule has 17 heavy (non-hydrogen) atoms. The molecular weight excluding hydrogens is 325 g/mol. The maximum Gasteiger partial charge on any atom is 0.191 e. The van der Waals surface area contributed by atoms with Gasteiger partial charge in [0.2, 0.25) is 0 Å². The Balaban J connectivity index is 0.00000108. The number of guanidine groups is 1. The van der Waals surface area contributed by atoms with Crippen molar-refractivity contribution in [2.45, 2.75) is 18.8 Å². The number of aliphatic imine (C=N–C) groups is 1. The Bertz CT molecular complexity index is 417. The lowest BCUT2D eigenvalue weighted by Gasteiger charge is -2.31. The summed E-state index contributed by atoms with van der Waals surface area (Å²) in [5, 5.41) is 6.69. The second kappa shape index (κ2) is 5.71. The van der Waals surface area contributed by atoms with Gasteiger partial charge in [0.1, 0.15) is 0 Å². The lowest BCUT2D eigenvalue weighted by atomic mass is 9.78. The molecule has 0 spiro atoms. The van der Waals surface area contributed by atoms with Gasteiger partial charge in [0, 0.05) is 25.6 Å². The average molecular weight is 343 g/mol. The third kappa shape index (κ3) is 2.73. The van der Waals surface area contributed by atoms with E-state index in [9.17, 15) is 0 Å². The SMILES string of the molecule is I.c1ccc2c(c1)CC2CNC1=NCCCN1. The van der Waals surface area contributed by atoms with Gasteiger partial charge in [-0.15, -0.1) is 24.0 Å². The van der Waals surface area contributed by atoms with Crippen LogP contribution in [0.15, 0.2) is 29.3 Å². The minimum absolute atomic E-state index is 0. The molecule has 2 N–H and O–H groups in total. The largest absolute Gasteiger partial charge is 0.356 e. The number of fused-ring (bicyclic) bond motifs is 1. The molecule has 1 heterocycles. The fraction of sp³-hybridized carbons (Fsp3) is 0.462. The van der Waals surface area contributed by atoms with Crippen LogP contribution >= 0.6 is 24.0 Å². The highest BCUT2D eigenvalue weighted by Crippen LogP contribution is 2.33. The van der Waals surface area contributed by atoms with Gasteiger partial charge in [-0.1, -0.05) is 24.3 Å². The van der Waals surface area contributed by atoms with Gasteiger partial charge in [0.25, 0.3) is 0 Å². The van der Waals surface area contributed by atoms with Crippen LogP contribution in [0.1, 0.15) is 23.5 Å². The summed E-state index contributed by atoms with van der Waals surface area (Å²) in [5.41, 5.74) is 3.01. The fourth-order valence-corrected chi connectivity index (χ4v) is 2.42. The lowest BCUT2D eigenvalue weighted by molar-refractivity contribution is 0.578. The van der Waals surface area contributed by atoms with Crippen molar-refractivity contribution in [1.29, 1.82) is 0 Å². The molecule has 0 saturated heterocycles. The van der Waals surface area contributed by atoms with Gasteiger partial charge < -0.3 is 10.6 Å². The molecular formula is C13H18IN3. The molecule has 0 amide bonds. The molecule has 3 nitrogen and oxygen atoms in total. The fourth-order valence-electron chi connectivity index (χ4n) is 2.42. The van der Waals surface area contributed by atoms with E-state index in [1.807, 2.05) is 0 Å². The summed E-state index contributed by atoms with van der Waals surface area (Å²) in [6.07, 6.45) is 2.36. The molecule has 1 atom stereocenters. The topological polar surface area (TPSA) is 36.4 Å². The molecule has 1 aliphatic carbocycles. The quantitative estimate of drug-likeness (QED) is 0.805. The first-order chi connectivity index (χ1) is 7.93. The molecule has 2 aliphatic rings. The number of nitrogens with zero attached hydrogens (tertiary/aromatic N) is 1. The molecule has 0 bridgehead atoms. The van der Waals surface area contributed by atoms with Crippen molar-refractivity contribution in [2.75, 3.05) is 19.6 Å². The van der Waals surface area contributed by atoms with E-state index in [1.165, 1.54) is 17.5 Å². The first kappa shape index (κ1) is 12.7. The Morgan fingerprint density at radius 2 is 2.24 bits per heavy atom. The van der Waals surface area contributed by atoms with Crippen molar-refractivity contribution in [3.05, 3.63) is 35.4 Å². The summed E-state index contributed by atoms with van der Waals surface area (Å²) >= 11 is 0. The van der Waals surface area contributed by atoms with Gasteiger partial charge in [-0.3, -0.25) is 4.99 Å². The number of benzene rings is 1. The molecule has 1 unspecified atom stereocenters. The number of halogens is 1. The van der Waals surface area contributed by atoms with Crippen LogP contribution in [0.2, 0.25) is 0 Å². The second-order valence-electron chi connectivity index (χ2n) is 4.49. The van der Waals surface area contributed by atoms with Crippen molar-refractivity contribution in [3.8, 4) is 0 Å². The minimum atomic E-state index is 0. The van der Waals surface area contributed by atoms with Crippen LogP contribution in [-0.4, -0.2) is 25.6 Å². The summed E-state index contributed by atoms with van der Waals surface area (Å²) in [6, 6.07) is 8.71. The molecule has 3 rings (SSSR count). The molecule has 0 fully saturated rings. The van der Waals surface area contributed by atoms with E-state index in [4.69, 9.17) is 0 Å². The minimum Gasteiger partial charge on any atom is -0.356 e. The second-order valence-corrected chi connectivity index (χ2v) is 4.49. The summed E-state index contributed by atoms with van der Waals surface area (Å²) in [7, 11) is 0. The van der Waals surface area contributed by atoms with Gasteiger partial charge >= 0.3 is 0 Å². The van der Waals surface area contributed by atoms with Crippen LogP contribution in [0.5, 0.6) is 0 Å². The number of nitrogens with one attached hydrogen (secondary N) is 2. The van der Waals surface area contributed by atoms with E-state index in [0.717, 1.165) is 32.0 Å². The molecule has 1 aliphatic heterocycles. The van der Waals surface area contributed by atoms with Crippen molar-refractivity contribution in [2.24, 2.45) is 4.99 Å². The van der Waals surface area contributed by atoms with E-state index in [-0.39, 0.29) is 24.0 Å². The Labute approximate surface area is 119 Å². The van der Waals surface area contributed by atoms with Gasteiger partial charge in [-0.2, -0.15) is 0 Å². The molecule has 0 saturated carbocycles. The highest BCUT2D eigenvalue weighted by Gasteiger charge is 2.25. The van der Waals surface area contributed by atoms with Crippen molar-refractivity contribution in [1.82, 2.24) is 10.6 Å². The average Bonchev–Trinajstić information content (AvgIpc) is 2.32. The van der Waals surface area contributed by atoms with Gasteiger partial charge in [-0.25, -0.2) is 0 Å². The predicted molar refractivity (Wildman–Crippen MR) is 81.2 cm³/mol. The Morgan fingerprint density at radius 3 is 3.00 bits per heavy atom. The summed E-state index contributed by atoms with van der Waals surface area (Å²) in [6.45, 7) is 3.01. The zero-order valence-corrected chi connectivity index (χ0v) is 12.1. The molecule has 1 aromatic carbocycles. The zero-order valence-electron chi connectivity index (χ0n) is 9.78. The predicted octanol–water partition coefficient (Wildman–Crippen LogP) is 1.88. The lowest BCUT2D eigenvalue weighted by Crippen LogP contribution is -2.43. The van der Waals surface area contributed by atoms with Crippen LogP contribution in [0.4, 0.5) is 0 Å². The van der Waals surface area contributed by atoms with Gasteiger partial charge in [0.05, 0.1) is 0 Å². The number of hydrogen-bond acceptors (Lipinski definition) is 3. The van der Waals surface area contributed by atoms with Crippen LogP contribution in [-0.2, 0) is 6.42 Å². The molecule has 92 valence electrons. The first-order valence-electron chi connectivity index (χ1n) is 6.03. The van der Waals surface area contributed by atoms with E-state index in [0.29, 0.717) is 5.92 Å². The number of rotatable bonds is 2. The first-order valence-corrected chi connectivity index (χ1v) is 6.03. The maximum atomic E-state index is 4.41. The molecule has 4 heteroatoms. The maximum absolute atomic E-state index is 4.41. The van der Waals surface area contributed by atoms with Crippen LogP contribution in [0.3, 0.4) is 0 Å². The van der Waals surface area contributed by atoms with Crippen LogP contribution in [0, 0.1) is 0 Å². The van der Waals surface area contributed by atoms with E-state index in [1.54, 1.807) is 0 Å².